The van der Waals surface area contributed by atoms with Crippen molar-refractivity contribution in [1.29, 1.82) is 0 Å². The molecule has 1 saturated heterocycles. The van der Waals surface area contributed by atoms with Gasteiger partial charge in [-0.15, -0.1) is 11.3 Å². The fourth-order valence-electron chi connectivity index (χ4n) is 3.99. The molecule has 1 aliphatic carbocycles. The molecule has 0 aromatic carbocycles. The number of rotatable bonds is 4. The highest BCUT2D eigenvalue weighted by Crippen LogP contribution is 2.37. The first-order chi connectivity index (χ1) is 12.5. The van der Waals surface area contributed by atoms with Crippen LogP contribution in [-0.2, 0) is 24.2 Å². The predicted molar refractivity (Wildman–Crippen MR) is 104 cm³/mol. The molecule has 4 N–H and O–H groups in total. The van der Waals surface area contributed by atoms with Gasteiger partial charge in [0.1, 0.15) is 16.5 Å². The molecule has 2 aromatic heterocycles. The molecule has 7 nitrogen and oxygen atoms in total. The van der Waals surface area contributed by atoms with Crippen molar-refractivity contribution in [3.05, 3.63) is 16.3 Å². The highest BCUT2D eigenvalue weighted by molar-refractivity contribution is 7.19. The van der Waals surface area contributed by atoms with Gasteiger partial charge in [0.05, 0.1) is 18.0 Å². The van der Waals surface area contributed by atoms with Crippen molar-refractivity contribution in [3.63, 3.8) is 0 Å². The average Bonchev–Trinajstić information content (AvgIpc) is 3.00. The predicted octanol–water partition coefficient (Wildman–Crippen LogP) is 1.14. The highest BCUT2D eigenvalue weighted by atomic mass is 32.1. The number of carbonyl (C=O) groups is 1. The van der Waals surface area contributed by atoms with E-state index in [9.17, 15) is 4.79 Å². The van der Waals surface area contributed by atoms with Crippen LogP contribution in [0.5, 0.6) is 0 Å². The van der Waals surface area contributed by atoms with Crippen molar-refractivity contribution >= 4 is 33.3 Å². The second kappa shape index (κ2) is 7.09. The van der Waals surface area contributed by atoms with Crippen LogP contribution in [0.4, 0.5) is 5.82 Å². The number of nitrogens with two attached hydrogens (primary N) is 2. The van der Waals surface area contributed by atoms with Gasteiger partial charge in [-0.2, -0.15) is 0 Å². The molecule has 0 spiro atoms. The van der Waals surface area contributed by atoms with E-state index in [4.69, 9.17) is 16.5 Å². The minimum absolute atomic E-state index is 0.210. The van der Waals surface area contributed by atoms with E-state index in [0.717, 1.165) is 55.1 Å². The number of primary amides is 1. The van der Waals surface area contributed by atoms with E-state index in [2.05, 4.69) is 14.8 Å². The molecule has 3 heterocycles. The normalized spacial score (nSPS) is 20.2. The number of hydrogen-bond donors (Lipinski definition) is 2. The summed E-state index contributed by atoms with van der Waals surface area (Å²) in [6, 6.07) is -0.210. The van der Waals surface area contributed by atoms with E-state index in [1.165, 1.54) is 23.3 Å². The second-order valence-electron chi connectivity index (χ2n) is 7.31. The summed E-state index contributed by atoms with van der Waals surface area (Å²) in [6.45, 7) is 5.97. The summed E-state index contributed by atoms with van der Waals surface area (Å²) in [6.07, 6.45) is 4.73. The second-order valence-corrected chi connectivity index (χ2v) is 8.39. The van der Waals surface area contributed by atoms with E-state index < -0.39 is 0 Å². The minimum Gasteiger partial charge on any atom is -0.383 e. The maximum atomic E-state index is 11.4. The van der Waals surface area contributed by atoms with Crippen LogP contribution in [0.15, 0.2) is 0 Å². The van der Waals surface area contributed by atoms with Gasteiger partial charge in [0, 0.05) is 31.1 Å². The third kappa shape index (κ3) is 3.28. The molecule has 0 bridgehead atoms. The van der Waals surface area contributed by atoms with Crippen LogP contribution in [0.2, 0.25) is 0 Å². The summed E-state index contributed by atoms with van der Waals surface area (Å²) in [5.41, 5.74) is 13.1. The van der Waals surface area contributed by atoms with Crippen LogP contribution >= 0.6 is 11.3 Å². The smallest absolute Gasteiger partial charge is 0.234 e. The zero-order valence-electron chi connectivity index (χ0n) is 15.2. The summed E-state index contributed by atoms with van der Waals surface area (Å²) in [7, 11) is 0. The van der Waals surface area contributed by atoms with E-state index in [-0.39, 0.29) is 11.9 Å². The number of thiophene rings is 1. The van der Waals surface area contributed by atoms with Gasteiger partial charge in [-0.1, -0.05) is 0 Å². The summed E-state index contributed by atoms with van der Waals surface area (Å²) in [4.78, 5) is 27.7. The Labute approximate surface area is 157 Å². The highest BCUT2D eigenvalue weighted by Gasteiger charge is 2.25. The van der Waals surface area contributed by atoms with Crippen molar-refractivity contribution in [2.24, 2.45) is 5.73 Å². The van der Waals surface area contributed by atoms with Crippen LogP contribution in [0.3, 0.4) is 0 Å². The lowest BCUT2D eigenvalue weighted by molar-refractivity contribution is -0.123. The van der Waals surface area contributed by atoms with Crippen molar-refractivity contribution in [3.8, 4) is 0 Å². The van der Waals surface area contributed by atoms with Gasteiger partial charge in [-0.3, -0.25) is 14.6 Å². The Balaban J connectivity index is 1.48. The van der Waals surface area contributed by atoms with Crippen LogP contribution in [-0.4, -0.2) is 57.9 Å². The van der Waals surface area contributed by atoms with Crippen molar-refractivity contribution in [2.45, 2.75) is 45.2 Å². The molecule has 1 atom stereocenters. The lowest BCUT2D eigenvalue weighted by atomic mass is 9.97. The number of carbonyl (C=O) groups excluding carboxylic acids is 1. The number of amides is 1. The molecule has 0 saturated carbocycles. The number of aromatic nitrogens is 2. The molecule has 2 aliphatic rings. The first kappa shape index (κ1) is 17.6. The van der Waals surface area contributed by atoms with Gasteiger partial charge in [0.15, 0.2) is 0 Å². The quantitative estimate of drug-likeness (QED) is 0.832. The molecule has 1 amide bonds. The Hall–Kier alpha value is -1.77. The monoisotopic (exact) mass is 374 g/mol. The Bertz CT molecular complexity index is 827. The fraction of sp³-hybridized carbons (Fsp3) is 0.611. The first-order valence-corrected chi connectivity index (χ1v) is 10.2. The SMILES string of the molecule is CC(C(N)=O)N1CCN(Cc2nc(N)c3c4c(sc3n2)CCCC4)CC1. The average molecular weight is 375 g/mol. The lowest BCUT2D eigenvalue weighted by Gasteiger charge is -2.36. The maximum Gasteiger partial charge on any atom is 0.234 e. The Morgan fingerprint density at radius 1 is 1.19 bits per heavy atom. The molecule has 4 rings (SSSR count). The largest absolute Gasteiger partial charge is 0.383 e. The number of aryl methyl sites for hydroxylation is 2. The number of fused-ring (bicyclic) bond motifs is 3. The molecule has 0 radical (unpaired) electrons. The van der Waals surface area contributed by atoms with Gasteiger partial charge in [-0.25, -0.2) is 9.97 Å². The number of nitrogen functional groups attached to an aromatic ring is 1. The lowest BCUT2D eigenvalue weighted by Crippen LogP contribution is -2.52. The summed E-state index contributed by atoms with van der Waals surface area (Å²) < 4.78 is 0. The van der Waals surface area contributed by atoms with Gasteiger partial charge < -0.3 is 11.5 Å². The zero-order valence-corrected chi connectivity index (χ0v) is 16.0. The number of piperazine rings is 1. The topological polar surface area (TPSA) is 101 Å². The standard InChI is InChI=1S/C18H26N6OS/c1-11(17(20)25)24-8-6-23(7-9-24)10-14-21-16(19)15-12-4-2-3-5-13(12)26-18(15)22-14/h11H,2-10H2,1H3,(H2,20,25)(H2,19,21,22). The van der Waals surface area contributed by atoms with Crippen LogP contribution in [0, 0.1) is 0 Å². The summed E-state index contributed by atoms with van der Waals surface area (Å²) >= 11 is 1.79. The molecule has 1 fully saturated rings. The molecule has 8 heteroatoms. The van der Waals surface area contributed by atoms with Crippen LogP contribution in [0.1, 0.15) is 36.0 Å². The van der Waals surface area contributed by atoms with Crippen molar-refractivity contribution < 1.29 is 4.79 Å². The molecule has 1 aliphatic heterocycles. The molecule has 26 heavy (non-hydrogen) atoms. The molecule has 140 valence electrons. The zero-order chi connectivity index (χ0) is 18.3. The van der Waals surface area contributed by atoms with Gasteiger partial charge in [0.25, 0.3) is 0 Å². The van der Waals surface area contributed by atoms with E-state index in [1.54, 1.807) is 11.3 Å². The third-order valence-corrected chi connectivity index (χ3v) is 6.81. The molecular weight excluding hydrogens is 348 g/mol. The van der Waals surface area contributed by atoms with Gasteiger partial charge >= 0.3 is 0 Å². The Morgan fingerprint density at radius 2 is 1.92 bits per heavy atom. The third-order valence-electron chi connectivity index (χ3n) is 5.62. The van der Waals surface area contributed by atoms with Crippen LogP contribution < -0.4 is 11.5 Å². The van der Waals surface area contributed by atoms with Gasteiger partial charge in [-0.05, 0) is 38.2 Å². The molecular formula is C18H26N6OS. The Morgan fingerprint density at radius 3 is 2.65 bits per heavy atom. The fourth-order valence-corrected chi connectivity index (χ4v) is 5.28. The number of anilines is 1. The number of nitrogens with zero attached hydrogens (tertiary/aromatic N) is 4. The summed E-state index contributed by atoms with van der Waals surface area (Å²) in [5, 5.41) is 1.09. The maximum absolute atomic E-state index is 11.4. The molecule has 1 unspecified atom stereocenters. The summed E-state index contributed by atoms with van der Waals surface area (Å²) in [5.74, 6) is 1.16. The van der Waals surface area contributed by atoms with E-state index in [0.29, 0.717) is 12.4 Å². The minimum atomic E-state index is -0.262. The van der Waals surface area contributed by atoms with Crippen LogP contribution in [0.25, 0.3) is 10.2 Å². The molecule has 2 aromatic rings. The van der Waals surface area contributed by atoms with Crippen molar-refractivity contribution in [2.75, 3.05) is 31.9 Å². The number of hydrogen-bond acceptors (Lipinski definition) is 7. The van der Waals surface area contributed by atoms with E-state index >= 15 is 0 Å². The Kier molecular flexibility index (Phi) is 4.81. The van der Waals surface area contributed by atoms with E-state index in [1.807, 2.05) is 6.92 Å². The van der Waals surface area contributed by atoms with Gasteiger partial charge in [0.2, 0.25) is 5.91 Å². The van der Waals surface area contributed by atoms with Crippen molar-refractivity contribution in [1.82, 2.24) is 19.8 Å². The first-order valence-electron chi connectivity index (χ1n) is 9.35.